The predicted molar refractivity (Wildman–Crippen MR) is 99.3 cm³/mol. The van der Waals surface area contributed by atoms with Gasteiger partial charge in [0.15, 0.2) is 5.82 Å². The maximum Gasteiger partial charge on any atom is 0.229 e. The molecule has 4 heterocycles. The van der Waals surface area contributed by atoms with E-state index in [0.717, 1.165) is 55.6 Å². The number of piperidine rings is 1. The van der Waals surface area contributed by atoms with Crippen LogP contribution in [0.2, 0.25) is 0 Å². The maximum absolute atomic E-state index is 12.7. The molecule has 7 nitrogen and oxygen atoms in total. The molecule has 0 N–H and O–H groups in total. The van der Waals surface area contributed by atoms with Crippen molar-refractivity contribution in [2.24, 2.45) is 11.8 Å². The normalized spacial score (nSPS) is 21.0. The van der Waals surface area contributed by atoms with E-state index in [2.05, 4.69) is 31.8 Å². The highest BCUT2D eigenvalue weighted by Gasteiger charge is 2.37. The molecule has 0 spiro atoms. The van der Waals surface area contributed by atoms with Gasteiger partial charge in [-0.3, -0.25) is 4.79 Å². The van der Waals surface area contributed by atoms with E-state index >= 15 is 0 Å². The number of anilines is 1. The Morgan fingerprint density at radius 2 is 1.88 bits per heavy atom. The Hall–Kier alpha value is -2.44. The molecule has 1 unspecified atom stereocenters. The van der Waals surface area contributed by atoms with Crippen LogP contribution in [0.1, 0.15) is 31.2 Å². The van der Waals surface area contributed by atoms with Crippen LogP contribution >= 0.6 is 0 Å². The lowest BCUT2D eigenvalue weighted by molar-refractivity contribution is -0.138. The van der Waals surface area contributed by atoms with Gasteiger partial charge in [-0.15, -0.1) is 0 Å². The second-order valence-electron chi connectivity index (χ2n) is 7.71. The van der Waals surface area contributed by atoms with Gasteiger partial charge in [-0.05, 0) is 38.7 Å². The van der Waals surface area contributed by atoms with Gasteiger partial charge in [-0.2, -0.15) is 5.10 Å². The molecule has 0 bridgehead atoms. The Morgan fingerprint density at radius 1 is 1.12 bits per heavy atom. The van der Waals surface area contributed by atoms with Crippen LogP contribution < -0.4 is 4.90 Å². The van der Waals surface area contributed by atoms with Crippen LogP contribution in [0.3, 0.4) is 0 Å². The largest absolute Gasteiger partial charge is 0.355 e. The number of aromatic nitrogens is 4. The van der Waals surface area contributed by atoms with E-state index in [-0.39, 0.29) is 5.92 Å². The molecule has 138 valence electrons. The topological polar surface area (TPSA) is 67.2 Å². The SMILES string of the molecule is Cc1cc(C)n(-c2cc(N3CC(C(=O)N4CCCC(C)C4)C3)ncn2)n1. The second-order valence-corrected chi connectivity index (χ2v) is 7.71. The average molecular weight is 354 g/mol. The number of rotatable bonds is 3. The fourth-order valence-electron chi connectivity index (χ4n) is 3.96. The Kier molecular flexibility index (Phi) is 4.38. The van der Waals surface area contributed by atoms with E-state index in [1.807, 2.05) is 30.7 Å². The fourth-order valence-corrected chi connectivity index (χ4v) is 3.96. The minimum absolute atomic E-state index is 0.0902. The maximum atomic E-state index is 12.7. The van der Waals surface area contributed by atoms with E-state index in [1.165, 1.54) is 6.42 Å². The molecule has 2 saturated heterocycles. The molecule has 0 radical (unpaired) electrons. The first-order valence-electron chi connectivity index (χ1n) is 9.40. The summed E-state index contributed by atoms with van der Waals surface area (Å²) < 4.78 is 1.83. The smallest absolute Gasteiger partial charge is 0.229 e. The summed E-state index contributed by atoms with van der Waals surface area (Å²) in [4.78, 5) is 25.6. The summed E-state index contributed by atoms with van der Waals surface area (Å²) in [6.45, 7) is 9.50. The quantitative estimate of drug-likeness (QED) is 0.843. The summed E-state index contributed by atoms with van der Waals surface area (Å²) in [7, 11) is 0. The number of aryl methyl sites for hydroxylation is 2. The molecule has 1 atom stereocenters. The lowest BCUT2D eigenvalue weighted by atomic mass is 9.94. The van der Waals surface area contributed by atoms with Crippen molar-refractivity contribution >= 4 is 11.7 Å². The zero-order valence-corrected chi connectivity index (χ0v) is 15.7. The van der Waals surface area contributed by atoms with Crippen LogP contribution in [0.5, 0.6) is 0 Å². The van der Waals surface area contributed by atoms with Gasteiger partial charge in [0.05, 0.1) is 11.6 Å². The van der Waals surface area contributed by atoms with Crippen molar-refractivity contribution in [1.82, 2.24) is 24.6 Å². The van der Waals surface area contributed by atoms with Gasteiger partial charge in [0.1, 0.15) is 12.1 Å². The molecule has 2 fully saturated rings. The van der Waals surface area contributed by atoms with Gasteiger partial charge >= 0.3 is 0 Å². The minimum Gasteiger partial charge on any atom is -0.355 e. The van der Waals surface area contributed by atoms with Crippen molar-refractivity contribution in [2.75, 3.05) is 31.1 Å². The number of carbonyl (C=O) groups is 1. The summed E-state index contributed by atoms with van der Waals surface area (Å²) in [5.41, 5.74) is 2.01. The van der Waals surface area contributed by atoms with Gasteiger partial charge in [-0.25, -0.2) is 14.6 Å². The molecule has 0 aromatic carbocycles. The highest BCUT2D eigenvalue weighted by Crippen LogP contribution is 2.27. The predicted octanol–water partition coefficient (Wildman–Crippen LogP) is 1.97. The van der Waals surface area contributed by atoms with Crippen LogP contribution in [-0.2, 0) is 4.79 Å². The number of hydrogen-bond acceptors (Lipinski definition) is 5. The molecular formula is C19H26N6O. The Balaban J connectivity index is 1.42. The van der Waals surface area contributed by atoms with Crippen molar-refractivity contribution in [3.63, 3.8) is 0 Å². The molecule has 2 aliphatic heterocycles. The summed E-state index contributed by atoms with van der Waals surface area (Å²) >= 11 is 0. The molecular weight excluding hydrogens is 328 g/mol. The van der Waals surface area contributed by atoms with Crippen molar-refractivity contribution < 1.29 is 4.79 Å². The van der Waals surface area contributed by atoms with Crippen molar-refractivity contribution in [1.29, 1.82) is 0 Å². The number of amides is 1. The number of likely N-dealkylation sites (tertiary alicyclic amines) is 1. The van der Waals surface area contributed by atoms with E-state index < -0.39 is 0 Å². The van der Waals surface area contributed by atoms with Gasteiger partial charge in [0.2, 0.25) is 5.91 Å². The summed E-state index contributed by atoms with van der Waals surface area (Å²) in [6, 6.07) is 3.98. The van der Waals surface area contributed by atoms with Crippen LogP contribution in [0, 0.1) is 25.7 Å². The summed E-state index contributed by atoms with van der Waals surface area (Å²) in [6.07, 6.45) is 3.93. The highest BCUT2D eigenvalue weighted by molar-refractivity contribution is 5.82. The number of nitrogens with zero attached hydrogens (tertiary/aromatic N) is 6. The van der Waals surface area contributed by atoms with Gasteiger partial charge in [0.25, 0.3) is 0 Å². The third kappa shape index (κ3) is 3.18. The molecule has 2 aromatic rings. The zero-order chi connectivity index (χ0) is 18.3. The lowest BCUT2D eigenvalue weighted by Gasteiger charge is -2.42. The second kappa shape index (κ2) is 6.70. The van der Waals surface area contributed by atoms with Gasteiger partial charge in [-0.1, -0.05) is 6.92 Å². The molecule has 0 aliphatic carbocycles. The number of hydrogen-bond donors (Lipinski definition) is 0. The van der Waals surface area contributed by atoms with E-state index in [0.29, 0.717) is 11.8 Å². The summed E-state index contributed by atoms with van der Waals surface area (Å²) in [5, 5.41) is 4.48. The average Bonchev–Trinajstić information content (AvgIpc) is 2.92. The third-order valence-electron chi connectivity index (χ3n) is 5.39. The molecule has 0 saturated carbocycles. The highest BCUT2D eigenvalue weighted by atomic mass is 16.2. The van der Waals surface area contributed by atoms with Crippen LogP contribution in [-0.4, -0.2) is 56.7 Å². The van der Waals surface area contributed by atoms with Crippen LogP contribution in [0.25, 0.3) is 5.82 Å². The first kappa shape index (κ1) is 17.0. The molecule has 26 heavy (non-hydrogen) atoms. The van der Waals surface area contributed by atoms with Crippen LogP contribution in [0.4, 0.5) is 5.82 Å². The molecule has 1 amide bonds. The number of carbonyl (C=O) groups excluding carboxylic acids is 1. The fraction of sp³-hybridized carbons (Fsp3) is 0.579. The third-order valence-corrected chi connectivity index (χ3v) is 5.39. The van der Waals surface area contributed by atoms with Crippen molar-refractivity contribution in [3.8, 4) is 5.82 Å². The Morgan fingerprint density at radius 3 is 2.58 bits per heavy atom. The lowest BCUT2D eigenvalue weighted by Crippen LogP contribution is -2.56. The van der Waals surface area contributed by atoms with Gasteiger partial charge < -0.3 is 9.80 Å². The minimum atomic E-state index is 0.0902. The van der Waals surface area contributed by atoms with Gasteiger partial charge in [0, 0.05) is 37.9 Å². The first-order chi connectivity index (χ1) is 12.5. The van der Waals surface area contributed by atoms with Crippen LogP contribution in [0.15, 0.2) is 18.5 Å². The van der Waals surface area contributed by atoms with E-state index in [9.17, 15) is 4.79 Å². The first-order valence-corrected chi connectivity index (χ1v) is 9.40. The molecule has 2 aliphatic rings. The molecule has 4 rings (SSSR count). The molecule has 2 aromatic heterocycles. The Bertz CT molecular complexity index is 810. The molecule has 7 heteroatoms. The van der Waals surface area contributed by atoms with E-state index in [4.69, 9.17) is 0 Å². The summed E-state index contributed by atoms with van der Waals surface area (Å²) in [5.74, 6) is 2.64. The Labute approximate surface area is 154 Å². The standard InChI is InChI=1S/C19H26N6O/c1-13-5-4-6-23(9-13)19(26)16-10-24(11-16)17-8-18(21-12-20-17)25-15(3)7-14(2)22-25/h7-8,12-13,16H,4-6,9-11H2,1-3H3. The van der Waals surface area contributed by atoms with Crippen molar-refractivity contribution in [2.45, 2.75) is 33.6 Å². The van der Waals surface area contributed by atoms with Crippen molar-refractivity contribution in [3.05, 3.63) is 29.8 Å². The zero-order valence-electron chi connectivity index (χ0n) is 15.7. The van der Waals surface area contributed by atoms with E-state index in [1.54, 1.807) is 6.33 Å². The monoisotopic (exact) mass is 354 g/mol.